The lowest BCUT2D eigenvalue weighted by molar-refractivity contribution is -0.167. The number of methoxy groups -OCH3 is 1. The molecule has 0 aliphatic carbocycles. The minimum Gasteiger partial charge on any atom is -0.497 e. The molecule has 1 amide bonds. The van der Waals surface area contributed by atoms with Crippen molar-refractivity contribution < 1.29 is 32.2 Å². The third kappa shape index (κ3) is 7.57. The van der Waals surface area contributed by atoms with Gasteiger partial charge < -0.3 is 14.8 Å². The van der Waals surface area contributed by atoms with Crippen LogP contribution in [0.2, 0.25) is 0 Å². The fourth-order valence-corrected chi connectivity index (χ4v) is 2.57. The predicted octanol–water partition coefficient (Wildman–Crippen LogP) is 4.30. The fourth-order valence-electron chi connectivity index (χ4n) is 2.57. The molecule has 0 atom stereocenters. The van der Waals surface area contributed by atoms with Crippen molar-refractivity contribution in [3.05, 3.63) is 59.7 Å². The molecule has 0 heterocycles. The quantitative estimate of drug-likeness (QED) is 0.594. The van der Waals surface area contributed by atoms with E-state index in [0.29, 0.717) is 25.2 Å². The van der Waals surface area contributed by atoms with E-state index in [2.05, 4.69) is 0 Å². The first-order valence-electron chi connectivity index (χ1n) is 8.98. The van der Waals surface area contributed by atoms with Crippen LogP contribution in [0.25, 0.3) is 0 Å². The lowest BCUT2D eigenvalue weighted by Crippen LogP contribution is -2.30. The van der Waals surface area contributed by atoms with Gasteiger partial charge >= 0.3 is 12.1 Å². The highest BCUT2D eigenvalue weighted by molar-refractivity contribution is 5.96. The van der Waals surface area contributed by atoms with Gasteiger partial charge in [-0.05, 0) is 35.7 Å². The Morgan fingerprint density at radius 2 is 1.72 bits per heavy atom. The molecule has 0 unspecified atom stereocenters. The highest BCUT2D eigenvalue weighted by Crippen LogP contribution is 2.22. The Balaban J connectivity index is 1.75. The number of para-hydroxylation sites is 1. The Morgan fingerprint density at radius 3 is 2.38 bits per heavy atom. The first-order chi connectivity index (χ1) is 13.8. The normalized spacial score (nSPS) is 11.2. The van der Waals surface area contributed by atoms with E-state index in [9.17, 15) is 22.8 Å². The number of anilines is 1. The van der Waals surface area contributed by atoms with Crippen molar-refractivity contribution in [3.8, 4) is 5.75 Å². The molecule has 8 heteroatoms. The van der Waals surface area contributed by atoms with Gasteiger partial charge in [0.25, 0.3) is 0 Å². The van der Waals surface area contributed by atoms with E-state index >= 15 is 0 Å². The van der Waals surface area contributed by atoms with Crippen molar-refractivity contribution >= 4 is 17.4 Å². The number of Topliss-reactive ketones (excluding diaryl/α,β-unsaturated/α-hetero) is 1. The summed E-state index contributed by atoms with van der Waals surface area (Å²) in [5.41, 5.74) is 1.31. The maximum absolute atomic E-state index is 12.4. The zero-order valence-corrected chi connectivity index (χ0v) is 15.9. The lowest BCUT2D eigenvalue weighted by atomic mass is 10.0. The number of ether oxygens (including phenoxy) is 2. The first-order valence-corrected chi connectivity index (χ1v) is 8.98. The molecule has 0 radical (unpaired) electrons. The van der Waals surface area contributed by atoms with Crippen molar-refractivity contribution in [2.45, 2.75) is 32.0 Å². The van der Waals surface area contributed by atoms with Crippen LogP contribution in [0.3, 0.4) is 0 Å². The van der Waals surface area contributed by atoms with Gasteiger partial charge in [-0.25, -0.2) is 0 Å². The Labute approximate surface area is 166 Å². The average Bonchev–Trinajstić information content (AvgIpc) is 2.69. The minimum atomic E-state index is -4.99. The average molecular weight is 409 g/mol. The molecule has 29 heavy (non-hydrogen) atoms. The van der Waals surface area contributed by atoms with Crippen LogP contribution in [0.4, 0.5) is 18.9 Å². The fraction of sp³-hybridized carbons (Fsp3) is 0.333. The van der Waals surface area contributed by atoms with Gasteiger partial charge in [-0.15, -0.1) is 0 Å². The van der Waals surface area contributed by atoms with Crippen LogP contribution in [0, 0.1) is 0 Å². The van der Waals surface area contributed by atoms with Crippen LogP contribution in [-0.2, 0) is 27.4 Å². The van der Waals surface area contributed by atoms with Crippen molar-refractivity contribution in [3.63, 3.8) is 0 Å². The number of rotatable bonds is 10. The molecular weight excluding hydrogens is 387 g/mol. The van der Waals surface area contributed by atoms with Gasteiger partial charge in [0, 0.05) is 25.1 Å². The summed E-state index contributed by atoms with van der Waals surface area (Å²) in [6.07, 6.45) is -4.33. The number of hydrogen-bond acceptors (Lipinski definition) is 4. The SMILES string of the molecule is COc1ccc(COCCCC(=O)Cc2ccccc2NC(=O)C(F)(F)F)cc1. The number of alkyl halides is 3. The Kier molecular flexibility index (Phi) is 8.21. The highest BCUT2D eigenvalue weighted by Gasteiger charge is 2.38. The maximum atomic E-state index is 12.4. The van der Waals surface area contributed by atoms with Crippen LogP contribution < -0.4 is 10.1 Å². The van der Waals surface area contributed by atoms with E-state index in [4.69, 9.17) is 9.47 Å². The molecular formula is C21H22F3NO4. The van der Waals surface area contributed by atoms with E-state index in [0.717, 1.165) is 11.3 Å². The Bertz CT molecular complexity index is 819. The number of carbonyl (C=O) groups excluding carboxylic acids is 2. The molecule has 0 aliphatic heterocycles. The summed E-state index contributed by atoms with van der Waals surface area (Å²) in [4.78, 5) is 23.3. The molecule has 5 nitrogen and oxygen atoms in total. The minimum absolute atomic E-state index is 0.0149. The summed E-state index contributed by atoms with van der Waals surface area (Å²) in [6, 6.07) is 13.4. The summed E-state index contributed by atoms with van der Waals surface area (Å²) in [7, 11) is 1.59. The highest BCUT2D eigenvalue weighted by atomic mass is 19.4. The molecule has 0 saturated heterocycles. The van der Waals surface area contributed by atoms with E-state index in [1.54, 1.807) is 13.2 Å². The summed E-state index contributed by atoms with van der Waals surface area (Å²) in [5.74, 6) is -1.46. The van der Waals surface area contributed by atoms with Gasteiger partial charge in [-0.2, -0.15) is 13.2 Å². The summed E-state index contributed by atoms with van der Waals surface area (Å²) in [5, 5.41) is 1.81. The number of benzene rings is 2. The zero-order valence-electron chi connectivity index (χ0n) is 15.9. The molecule has 0 spiro atoms. The van der Waals surface area contributed by atoms with Gasteiger partial charge in [0.05, 0.1) is 13.7 Å². The smallest absolute Gasteiger partial charge is 0.471 e. The van der Waals surface area contributed by atoms with Crippen LogP contribution in [0.5, 0.6) is 5.75 Å². The molecule has 0 fully saturated rings. The maximum Gasteiger partial charge on any atom is 0.471 e. The van der Waals surface area contributed by atoms with Crippen LogP contribution in [0.1, 0.15) is 24.0 Å². The molecule has 0 bridgehead atoms. The first kappa shape index (κ1) is 22.4. The molecule has 2 rings (SSSR count). The van der Waals surface area contributed by atoms with Gasteiger partial charge in [-0.3, -0.25) is 9.59 Å². The predicted molar refractivity (Wildman–Crippen MR) is 102 cm³/mol. The second-order valence-corrected chi connectivity index (χ2v) is 6.33. The third-order valence-electron chi connectivity index (χ3n) is 4.08. The standard InChI is InChI=1S/C21H22F3NO4/c1-28-18-10-8-15(9-11-18)14-29-12-4-6-17(26)13-16-5-2-3-7-19(16)25-20(27)21(22,23)24/h2-3,5,7-11H,4,6,12-14H2,1H3,(H,25,27). The zero-order chi connectivity index (χ0) is 21.3. The molecule has 0 saturated carbocycles. The number of ketones is 1. The molecule has 2 aromatic carbocycles. The summed E-state index contributed by atoms with van der Waals surface area (Å²) in [6.45, 7) is 0.786. The molecule has 156 valence electrons. The molecule has 2 aromatic rings. The van der Waals surface area contributed by atoms with Gasteiger partial charge in [-0.1, -0.05) is 30.3 Å². The van der Waals surface area contributed by atoms with E-state index in [1.807, 2.05) is 29.6 Å². The monoisotopic (exact) mass is 409 g/mol. The molecule has 1 N–H and O–H groups in total. The van der Waals surface area contributed by atoms with Crippen molar-refractivity contribution in [1.29, 1.82) is 0 Å². The largest absolute Gasteiger partial charge is 0.497 e. The Morgan fingerprint density at radius 1 is 1.03 bits per heavy atom. The third-order valence-corrected chi connectivity index (χ3v) is 4.08. The van der Waals surface area contributed by atoms with Crippen molar-refractivity contribution in [2.24, 2.45) is 0 Å². The topological polar surface area (TPSA) is 64.6 Å². The van der Waals surface area contributed by atoms with Gasteiger partial charge in [0.1, 0.15) is 11.5 Å². The lowest BCUT2D eigenvalue weighted by Gasteiger charge is -2.12. The van der Waals surface area contributed by atoms with E-state index in [-0.39, 0.29) is 24.3 Å². The molecule has 0 aliphatic rings. The van der Waals surface area contributed by atoms with Crippen LogP contribution >= 0.6 is 0 Å². The second kappa shape index (κ2) is 10.6. The summed E-state index contributed by atoms with van der Waals surface area (Å²) < 4.78 is 47.9. The Hall–Kier alpha value is -2.87. The van der Waals surface area contributed by atoms with Gasteiger partial charge in [0.2, 0.25) is 0 Å². The second-order valence-electron chi connectivity index (χ2n) is 6.33. The number of carbonyl (C=O) groups is 2. The summed E-state index contributed by atoms with van der Waals surface area (Å²) >= 11 is 0. The van der Waals surface area contributed by atoms with Crippen LogP contribution in [-0.4, -0.2) is 31.6 Å². The number of halogens is 3. The van der Waals surface area contributed by atoms with Crippen molar-refractivity contribution in [2.75, 3.05) is 19.0 Å². The van der Waals surface area contributed by atoms with E-state index in [1.165, 1.54) is 18.2 Å². The van der Waals surface area contributed by atoms with Gasteiger partial charge in [0.15, 0.2) is 0 Å². The number of hydrogen-bond donors (Lipinski definition) is 1. The number of nitrogens with one attached hydrogen (secondary N) is 1. The van der Waals surface area contributed by atoms with Crippen molar-refractivity contribution in [1.82, 2.24) is 0 Å². The molecule has 0 aromatic heterocycles. The van der Waals surface area contributed by atoms with Crippen LogP contribution in [0.15, 0.2) is 48.5 Å². The van der Waals surface area contributed by atoms with E-state index < -0.39 is 12.1 Å². The number of amides is 1.